The maximum Gasteiger partial charge on any atom is 0.393 e. The van der Waals surface area contributed by atoms with Gasteiger partial charge in [0.1, 0.15) is 5.75 Å². The van der Waals surface area contributed by atoms with Gasteiger partial charge in [0.05, 0.1) is 41.0 Å². The van der Waals surface area contributed by atoms with Crippen molar-refractivity contribution in [2.75, 3.05) is 57.8 Å². The Morgan fingerprint density at radius 1 is 1.18 bits per heavy atom. The molecule has 2 aliphatic rings. The topological polar surface area (TPSA) is 36.5 Å². The zero-order valence-corrected chi connectivity index (χ0v) is 24.5. The number of benzene rings is 2. The Morgan fingerprint density at radius 2 is 1.97 bits per heavy atom. The number of alkyl halides is 3. The van der Waals surface area contributed by atoms with Crippen molar-refractivity contribution in [3.8, 4) is 17.6 Å². The van der Waals surface area contributed by atoms with Crippen LogP contribution in [-0.4, -0.2) is 64.2 Å². The summed E-state index contributed by atoms with van der Waals surface area (Å²) in [6.45, 7) is 6.76. The van der Waals surface area contributed by atoms with E-state index in [1.165, 1.54) is 29.5 Å². The molecule has 3 aromatic rings. The Balaban J connectivity index is 1.41. The maximum atomic E-state index is 13.6. The van der Waals surface area contributed by atoms with Crippen molar-refractivity contribution in [3.05, 3.63) is 46.8 Å². The average Bonchev–Trinajstić information content (AvgIpc) is 3.56. The fourth-order valence-corrected chi connectivity index (χ4v) is 7.51. The molecule has 208 valence electrons. The SMILES string of the molecule is COc1cc(P(C)C)ccc1NCC#Cc1sc2c(NC3CCN(C)CC34CC4)cccc2c1CC(F)(F)F. The van der Waals surface area contributed by atoms with E-state index in [2.05, 4.69) is 53.8 Å². The molecule has 9 heteroatoms. The van der Waals surface area contributed by atoms with Crippen molar-refractivity contribution in [3.63, 3.8) is 0 Å². The summed E-state index contributed by atoms with van der Waals surface area (Å²) in [6, 6.07) is 12.1. The third kappa shape index (κ3) is 6.32. The van der Waals surface area contributed by atoms with E-state index in [9.17, 15) is 13.2 Å². The zero-order valence-electron chi connectivity index (χ0n) is 22.8. The number of halogens is 3. The Labute approximate surface area is 234 Å². The molecule has 1 saturated heterocycles. The lowest BCUT2D eigenvalue weighted by atomic mass is 9.89. The molecule has 1 aliphatic carbocycles. The first-order chi connectivity index (χ1) is 18.6. The molecule has 0 amide bonds. The summed E-state index contributed by atoms with van der Waals surface area (Å²) in [5.41, 5.74) is 2.29. The summed E-state index contributed by atoms with van der Waals surface area (Å²) < 4.78 is 47.3. The van der Waals surface area contributed by atoms with E-state index >= 15 is 0 Å². The van der Waals surface area contributed by atoms with Crippen LogP contribution in [0.4, 0.5) is 24.5 Å². The van der Waals surface area contributed by atoms with Crippen LogP contribution >= 0.6 is 19.3 Å². The molecular weight excluding hydrogens is 538 g/mol. The first kappa shape index (κ1) is 28.1. The van der Waals surface area contributed by atoms with Gasteiger partial charge >= 0.3 is 6.18 Å². The highest BCUT2D eigenvalue weighted by molar-refractivity contribution is 7.64. The monoisotopic (exact) mass is 573 g/mol. The van der Waals surface area contributed by atoms with Crippen molar-refractivity contribution in [2.24, 2.45) is 5.41 Å². The first-order valence-corrected chi connectivity index (χ1v) is 16.3. The Bertz CT molecular complexity index is 1400. The minimum atomic E-state index is -4.31. The number of nitrogens with one attached hydrogen (secondary N) is 2. The van der Waals surface area contributed by atoms with Gasteiger partial charge in [-0.1, -0.05) is 38.0 Å². The van der Waals surface area contributed by atoms with Gasteiger partial charge in [0.2, 0.25) is 0 Å². The van der Waals surface area contributed by atoms with Gasteiger partial charge in [0, 0.05) is 18.0 Å². The molecule has 2 aromatic carbocycles. The van der Waals surface area contributed by atoms with Gasteiger partial charge in [-0.15, -0.1) is 11.3 Å². The minimum absolute atomic E-state index is 0.248. The molecule has 2 N–H and O–H groups in total. The standard InChI is InChI=1S/C30H35F3N3OPS/c1-36-16-12-27(29(19-36)13-14-29)35-24-8-5-7-21-22(18-30(31,32)33)26(39-28(21)24)9-6-15-34-23-11-10-20(38(3)4)17-25(23)37-2/h5,7-8,10-11,17,27,34-35H,12-16,18-19H2,1-4H3. The van der Waals surface area contributed by atoms with Crippen LogP contribution in [0.2, 0.25) is 0 Å². The third-order valence-electron chi connectivity index (χ3n) is 7.81. The van der Waals surface area contributed by atoms with Crippen molar-refractivity contribution < 1.29 is 17.9 Å². The highest BCUT2D eigenvalue weighted by Gasteiger charge is 2.51. The van der Waals surface area contributed by atoms with Crippen LogP contribution in [0, 0.1) is 17.3 Å². The molecule has 2 heterocycles. The molecule has 1 aromatic heterocycles. The van der Waals surface area contributed by atoms with Crippen molar-refractivity contribution >= 4 is 46.0 Å². The molecule has 4 nitrogen and oxygen atoms in total. The van der Waals surface area contributed by atoms with E-state index in [0.717, 1.165) is 41.3 Å². The van der Waals surface area contributed by atoms with Gasteiger partial charge in [0.25, 0.3) is 0 Å². The number of hydrogen-bond donors (Lipinski definition) is 2. The lowest BCUT2D eigenvalue weighted by Crippen LogP contribution is -2.46. The van der Waals surface area contributed by atoms with E-state index < -0.39 is 12.6 Å². The predicted octanol–water partition coefficient (Wildman–Crippen LogP) is 6.74. The van der Waals surface area contributed by atoms with Crippen LogP contribution in [0.15, 0.2) is 36.4 Å². The molecular formula is C30H35F3N3OPS. The number of thiophene rings is 1. The summed E-state index contributed by atoms with van der Waals surface area (Å²) >= 11 is 1.36. The fraction of sp³-hybridized carbons (Fsp3) is 0.467. The third-order valence-corrected chi connectivity index (χ3v) is 10.3. The molecule has 1 atom stereocenters. The molecule has 1 aliphatic heterocycles. The number of hydrogen-bond acceptors (Lipinski definition) is 5. The number of rotatable bonds is 7. The number of fused-ring (bicyclic) bond motifs is 1. The Morgan fingerprint density at radius 3 is 2.67 bits per heavy atom. The minimum Gasteiger partial charge on any atom is -0.495 e. The van der Waals surface area contributed by atoms with Gasteiger partial charge in [-0.05, 0) is 80.6 Å². The summed E-state index contributed by atoms with van der Waals surface area (Å²) in [4.78, 5) is 2.86. The van der Waals surface area contributed by atoms with E-state index in [1.54, 1.807) is 13.2 Å². The quantitative estimate of drug-likeness (QED) is 0.243. The van der Waals surface area contributed by atoms with Gasteiger partial charge in [-0.3, -0.25) is 0 Å². The fourth-order valence-electron chi connectivity index (χ4n) is 5.59. The molecule has 39 heavy (non-hydrogen) atoms. The summed E-state index contributed by atoms with van der Waals surface area (Å²) in [7, 11) is 3.55. The number of anilines is 2. The predicted molar refractivity (Wildman–Crippen MR) is 160 cm³/mol. The first-order valence-electron chi connectivity index (χ1n) is 13.2. The van der Waals surface area contributed by atoms with Gasteiger partial charge in [-0.25, -0.2) is 0 Å². The highest BCUT2D eigenvalue weighted by Crippen LogP contribution is 2.53. The van der Waals surface area contributed by atoms with Crippen molar-refractivity contribution in [1.29, 1.82) is 0 Å². The number of methoxy groups -OCH3 is 1. The normalized spacial score (nSPS) is 18.7. The number of nitrogens with zero attached hydrogens (tertiary/aromatic N) is 1. The molecule has 0 bridgehead atoms. The van der Waals surface area contributed by atoms with Crippen LogP contribution in [0.5, 0.6) is 5.75 Å². The van der Waals surface area contributed by atoms with Crippen LogP contribution < -0.4 is 20.7 Å². The molecule has 1 spiro atoms. The zero-order chi connectivity index (χ0) is 27.8. The Kier molecular flexibility index (Phi) is 8.06. The van der Waals surface area contributed by atoms with Crippen LogP contribution in [0.25, 0.3) is 10.1 Å². The number of ether oxygens (including phenoxy) is 1. The second kappa shape index (κ2) is 11.2. The molecule has 0 radical (unpaired) electrons. The molecule has 1 unspecified atom stereocenters. The number of likely N-dealkylation sites (tertiary alicyclic amines) is 1. The lowest BCUT2D eigenvalue weighted by molar-refractivity contribution is -0.126. The molecule has 1 saturated carbocycles. The van der Waals surface area contributed by atoms with Crippen LogP contribution in [0.3, 0.4) is 0 Å². The average molecular weight is 574 g/mol. The second-order valence-electron chi connectivity index (χ2n) is 10.9. The summed E-state index contributed by atoms with van der Waals surface area (Å²) in [6.07, 6.45) is -1.87. The molecule has 5 rings (SSSR count). The summed E-state index contributed by atoms with van der Waals surface area (Å²) in [5, 5.41) is 8.88. The van der Waals surface area contributed by atoms with Gasteiger partial charge in [0.15, 0.2) is 0 Å². The van der Waals surface area contributed by atoms with Crippen molar-refractivity contribution in [2.45, 2.75) is 37.9 Å². The van der Waals surface area contributed by atoms with E-state index in [4.69, 9.17) is 4.74 Å². The van der Waals surface area contributed by atoms with E-state index in [0.29, 0.717) is 22.8 Å². The Hall–Kier alpha value is -2.46. The lowest BCUT2D eigenvalue weighted by Gasteiger charge is -2.38. The molecule has 2 fully saturated rings. The number of piperidine rings is 1. The van der Waals surface area contributed by atoms with Gasteiger partial charge in [-0.2, -0.15) is 13.2 Å². The van der Waals surface area contributed by atoms with E-state index in [-0.39, 0.29) is 18.9 Å². The van der Waals surface area contributed by atoms with Crippen LogP contribution in [0.1, 0.15) is 29.7 Å². The second-order valence-corrected chi connectivity index (χ2v) is 14.2. The smallest absolute Gasteiger partial charge is 0.393 e. The maximum absolute atomic E-state index is 13.6. The summed E-state index contributed by atoms with van der Waals surface area (Å²) in [5.74, 6) is 6.86. The van der Waals surface area contributed by atoms with Crippen LogP contribution in [-0.2, 0) is 6.42 Å². The highest BCUT2D eigenvalue weighted by atomic mass is 32.1. The largest absolute Gasteiger partial charge is 0.495 e. The van der Waals surface area contributed by atoms with Crippen molar-refractivity contribution in [1.82, 2.24) is 4.90 Å². The van der Waals surface area contributed by atoms with Gasteiger partial charge < -0.3 is 20.3 Å². The van der Waals surface area contributed by atoms with E-state index in [1.807, 2.05) is 24.3 Å².